The van der Waals surface area contributed by atoms with Crippen molar-refractivity contribution in [1.82, 2.24) is 0 Å². The second kappa shape index (κ2) is 6.01. The zero-order chi connectivity index (χ0) is 15.7. The van der Waals surface area contributed by atoms with Gasteiger partial charge >= 0.3 is 0 Å². The summed E-state index contributed by atoms with van der Waals surface area (Å²) in [6, 6.07) is 0. The lowest BCUT2D eigenvalue weighted by atomic mass is 9.65. The summed E-state index contributed by atoms with van der Waals surface area (Å²) in [7, 11) is 0. The first kappa shape index (κ1) is 18.1. The minimum atomic E-state index is 0.512. The van der Waals surface area contributed by atoms with Gasteiger partial charge in [0, 0.05) is 0 Å². The van der Waals surface area contributed by atoms with Crippen LogP contribution in [0.1, 0.15) is 107 Å². The predicted octanol–water partition coefficient (Wildman–Crippen LogP) is 7.23. The van der Waals surface area contributed by atoms with Gasteiger partial charge in [-0.05, 0) is 47.3 Å². The highest BCUT2D eigenvalue weighted by atomic mass is 14.6. The molecular weight excluding hydrogens is 240 g/mol. The molecule has 120 valence electrons. The molecule has 20 heavy (non-hydrogen) atoms. The Labute approximate surface area is 129 Å². The highest BCUT2D eigenvalue weighted by molar-refractivity contribution is 5.06. The molecule has 0 saturated heterocycles. The van der Waals surface area contributed by atoms with E-state index in [9.17, 15) is 0 Å². The molecule has 1 saturated carbocycles. The number of hydrogen-bond donors (Lipinski definition) is 0. The van der Waals surface area contributed by atoms with E-state index in [1.165, 1.54) is 51.4 Å². The maximum absolute atomic E-state index is 2.57. The van der Waals surface area contributed by atoms with Gasteiger partial charge in [-0.15, -0.1) is 0 Å². The van der Waals surface area contributed by atoms with E-state index < -0.39 is 0 Å². The maximum atomic E-state index is 2.57. The average molecular weight is 281 g/mol. The second-order valence-electron chi connectivity index (χ2n) is 9.13. The molecule has 0 radical (unpaired) electrons. The van der Waals surface area contributed by atoms with Gasteiger partial charge in [-0.1, -0.05) is 81.1 Å². The minimum Gasteiger partial charge on any atom is -0.0654 e. The van der Waals surface area contributed by atoms with Crippen molar-refractivity contribution < 1.29 is 0 Å². The van der Waals surface area contributed by atoms with E-state index in [4.69, 9.17) is 0 Å². The fourth-order valence-electron chi connectivity index (χ4n) is 5.53. The molecule has 0 aromatic heterocycles. The fourth-order valence-corrected chi connectivity index (χ4v) is 5.53. The molecule has 0 bridgehead atoms. The highest BCUT2D eigenvalue weighted by Gasteiger charge is 2.56. The number of rotatable bonds is 7. The van der Waals surface area contributed by atoms with E-state index in [1.807, 2.05) is 0 Å². The first-order chi connectivity index (χ1) is 9.11. The molecule has 0 spiro atoms. The van der Waals surface area contributed by atoms with Gasteiger partial charge in [0.2, 0.25) is 0 Å². The zero-order valence-corrected chi connectivity index (χ0v) is 15.7. The van der Waals surface area contributed by atoms with E-state index in [-0.39, 0.29) is 0 Å². The zero-order valence-electron chi connectivity index (χ0n) is 15.7. The van der Waals surface area contributed by atoms with Crippen LogP contribution in [0.25, 0.3) is 0 Å². The van der Waals surface area contributed by atoms with Gasteiger partial charge in [0.15, 0.2) is 0 Å². The smallest absolute Gasteiger partial charge is 0.0269 e. The lowest BCUT2D eigenvalue weighted by molar-refractivity contribution is 0.0998. The van der Waals surface area contributed by atoms with Crippen molar-refractivity contribution in [2.75, 3.05) is 0 Å². The monoisotopic (exact) mass is 280 g/mol. The lowest BCUT2D eigenvalue weighted by Gasteiger charge is -2.40. The van der Waals surface area contributed by atoms with E-state index >= 15 is 0 Å². The van der Waals surface area contributed by atoms with Crippen LogP contribution < -0.4 is 0 Å². The Morgan fingerprint density at radius 1 is 0.800 bits per heavy atom. The van der Waals surface area contributed by atoms with Gasteiger partial charge in [-0.2, -0.15) is 0 Å². The van der Waals surface area contributed by atoms with Crippen LogP contribution in [0.15, 0.2) is 0 Å². The Balaban J connectivity index is 3.03. The Hall–Kier alpha value is 0. The van der Waals surface area contributed by atoms with E-state index in [2.05, 4.69) is 55.4 Å². The van der Waals surface area contributed by atoms with Crippen LogP contribution in [-0.2, 0) is 0 Å². The number of hydrogen-bond acceptors (Lipinski definition) is 0. The van der Waals surface area contributed by atoms with E-state index in [0.717, 1.165) is 0 Å². The normalized spacial score (nSPS) is 38.4. The van der Waals surface area contributed by atoms with Crippen LogP contribution in [0.4, 0.5) is 0 Å². The van der Waals surface area contributed by atoms with Crippen LogP contribution in [-0.4, -0.2) is 0 Å². The molecule has 0 aromatic rings. The molecule has 0 amide bonds. The molecule has 0 aliphatic heterocycles. The van der Waals surface area contributed by atoms with Crippen molar-refractivity contribution in [2.24, 2.45) is 21.7 Å². The molecule has 0 nitrogen and oxygen atoms in total. The Morgan fingerprint density at radius 2 is 1.25 bits per heavy atom. The largest absolute Gasteiger partial charge is 0.0654 e. The Morgan fingerprint density at radius 3 is 1.55 bits per heavy atom. The van der Waals surface area contributed by atoms with Crippen molar-refractivity contribution in [3.63, 3.8) is 0 Å². The molecule has 1 aliphatic carbocycles. The van der Waals surface area contributed by atoms with Gasteiger partial charge in [0.25, 0.3) is 0 Å². The van der Waals surface area contributed by atoms with Crippen molar-refractivity contribution in [2.45, 2.75) is 107 Å². The maximum Gasteiger partial charge on any atom is -0.0269 e. The summed E-state index contributed by atoms with van der Waals surface area (Å²) < 4.78 is 0. The quantitative estimate of drug-likeness (QED) is 0.461. The summed E-state index contributed by atoms with van der Waals surface area (Å²) in [6.45, 7) is 19.7. The molecule has 0 heteroatoms. The summed E-state index contributed by atoms with van der Waals surface area (Å²) in [5.41, 5.74) is 2.19. The van der Waals surface area contributed by atoms with Gasteiger partial charge in [0.05, 0.1) is 0 Å². The van der Waals surface area contributed by atoms with Crippen molar-refractivity contribution >= 4 is 0 Å². The summed E-state index contributed by atoms with van der Waals surface area (Å²) >= 11 is 0. The van der Waals surface area contributed by atoms with Crippen LogP contribution in [0.5, 0.6) is 0 Å². The third kappa shape index (κ3) is 3.25. The third-order valence-corrected chi connectivity index (χ3v) is 7.08. The molecule has 0 heterocycles. The van der Waals surface area contributed by atoms with E-state index in [1.54, 1.807) is 0 Å². The molecule has 0 aromatic carbocycles. The Bertz CT molecular complexity index is 296. The summed E-state index contributed by atoms with van der Waals surface area (Å²) in [4.78, 5) is 0. The van der Waals surface area contributed by atoms with Crippen molar-refractivity contribution in [1.29, 1.82) is 0 Å². The first-order valence-electron chi connectivity index (χ1n) is 9.11. The van der Waals surface area contributed by atoms with Crippen LogP contribution in [0, 0.1) is 21.7 Å². The summed E-state index contributed by atoms with van der Waals surface area (Å²) in [5.74, 6) is 0. The molecule has 2 atom stereocenters. The Kier molecular flexibility index (Phi) is 5.43. The topological polar surface area (TPSA) is 0 Å². The molecule has 2 unspecified atom stereocenters. The molecule has 1 aliphatic rings. The van der Waals surface area contributed by atoms with Crippen molar-refractivity contribution in [3.05, 3.63) is 0 Å². The molecule has 1 fully saturated rings. The minimum absolute atomic E-state index is 0.512. The second-order valence-corrected chi connectivity index (χ2v) is 9.13. The molecule has 1 rings (SSSR count). The summed E-state index contributed by atoms with van der Waals surface area (Å²) in [6.07, 6.45) is 11.1. The first-order valence-corrected chi connectivity index (χ1v) is 9.11. The van der Waals surface area contributed by atoms with E-state index in [0.29, 0.717) is 21.7 Å². The lowest BCUT2D eigenvalue weighted by Crippen LogP contribution is -2.30. The summed E-state index contributed by atoms with van der Waals surface area (Å²) in [5, 5.41) is 0. The van der Waals surface area contributed by atoms with Crippen LogP contribution in [0.3, 0.4) is 0 Å². The van der Waals surface area contributed by atoms with Gasteiger partial charge in [-0.25, -0.2) is 0 Å². The average Bonchev–Trinajstić information content (AvgIpc) is 2.59. The van der Waals surface area contributed by atoms with Crippen LogP contribution >= 0.6 is 0 Å². The van der Waals surface area contributed by atoms with Gasteiger partial charge < -0.3 is 0 Å². The highest BCUT2D eigenvalue weighted by Crippen LogP contribution is 2.67. The molecule has 0 N–H and O–H groups in total. The third-order valence-electron chi connectivity index (χ3n) is 7.08. The van der Waals surface area contributed by atoms with Gasteiger partial charge in [0.1, 0.15) is 0 Å². The molecular formula is C20H40. The van der Waals surface area contributed by atoms with Crippen molar-refractivity contribution in [3.8, 4) is 0 Å². The fraction of sp³-hybridized carbons (Fsp3) is 1.00. The predicted molar refractivity (Wildman–Crippen MR) is 92.1 cm³/mol. The SMILES string of the molecule is CCCC(C)(C)CC1(CC)CC(C)(CC)C(C)(CC)C1. The van der Waals surface area contributed by atoms with Gasteiger partial charge in [-0.3, -0.25) is 0 Å². The van der Waals surface area contributed by atoms with Crippen LogP contribution in [0.2, 0.25) is 0 Å². The standard InChI is InChI=1S/C20H40/c1-9-13-17(5,6)14-20(12-4)15-18(7,10-2)19(8,11-3)16-20/h9-16H2,1-8H3.